The average Bonchev–Trinajstić information content (AvgIpc) is 2.42. The van der Waals surface area contributed by atoms with E-state index >= 15 is 0 Å². The molecule has 5 heteroatoms. The Hall–Kier alpha value is -0.810. The van der Waals surface area contributed by atoms with Crippen molar-refractivity contribution >= 4 is 15.9 Å². The van der Waals surface area contributed by atoms with Gasteiger partial charge in [-0.25, -0.2) is 0 Å². The van der Waals surface area contributed by atoms with E-state index in [9.17, 15) is 13.2 Å². The van der Waals surface area contributed by atoms with Crippen LogP contribution in [0.1, 0.15) is 49.8 Å². The van der Waals surface area contributed by atoms with Crippen LogP contribution in [0.15, 0.2) is 35.3 Å². The summed E-state index contributed by atoms with van der Waals surface area (Å²) in [7, 11) is 0. The highest BCUT2D eigenvalue weighted by Crippen LogP contribution is 2.36. The van der Waals surface area contributed by atoms with Gasteiger partial charge in [-0.1, -0.05) is 35.0 Å². The highest BCUT2D eigenvalue weighted by atomic mass is 79.9. The predicted molar refractivity (Wildman–Crippen MR) is 84.2 cm³/mol. The molecule has 1 N–H and O–H groups in total. The van der Waals surface area contributed by atoms with Crippen LogP contribution < -0.4 is 5.32 Å². The summed E-state index contributed by atoms with van der Waals surface area (Å²) in [6.45, 7) is 6.50. The van der Waals surface area contributed by atoms with Crippen LogP contribution in [0.5, 0.6) is 0 Å². The smallest absolute Gasteiger partial charge is 0.310 e. The second kappa shape index (κ2) is 8.59. The Morgan fingerprint density at radius 2 is 2.10 bits per heavy atom. The van der Waals surface area contributed by atoms with Crippen LogP contribution in [0.3, 0.4) is 0 Å². The summed E-state index contributed by atoms with van der Waals surface area (Å²) >= 11 is 2.98. The van der Waals surface area contributed by atoms with Crippen LogP contribution in [0.2, 0.25) is 0 Å². The molecular formula is C16H21BrF3N. The molecule has 0 heterocycles. The molecule has 1 aromatic rings. The largest absolute Gasteiger partial charge is 0.417 e. The molecule has 0 amide bonds. The second-order valence-corrected chi connectivity index (χ2v) is 5.82. The normalized spacial score (nSPS) is 13.2. The monoisotopic (exact) mass is 363 g/mol. The Balaban J connectivity index is 2.97. The fourth-order valence-corrected chi connectivity index (χ4v) is 2.62. The lowest BCUT2D eigenvalue weighted by atomic mass is 9.98. The Morgan fingerprint density at radius 1 is 1.38 bits per heavy atom. The van der Waals surface area contributed by atoms with Crippen molar-refractivity contribution in [1.82, 2.24) is 5.32 Å². The molecule has 0 radical (unpaired) electrons. The minimum absolute atomic E-state index is 0.0564. The summed E-state index contributed by atoms with van der Waals surface area (Å²) in [5.41, 5.74) is 0.0649. The molecule has 1 atom stereocenters. The average molecular weight is 364 g/mol. The van der Waals surface area contributed by atoms with Gasteiger partial charge in [0.05, 0.1) is 5.56 Å². The van der Waals surface area contributed by atoms with Crippen molar-refractivity contribution in [1.29, 1.82) is 0 Å². The lowest BCUT2D eigenvalue weighted by Gasteiger charge is -2.20. The first kappa shape index (κ1) is 18.2. The summed E-state index contributed by atoms with van der Waals surface area (Å²) in [4.78, 5) is 0. The Kier molecular flexibility index (Phi) is 7.46. The molecule has 1 rings (SSSR count). The van der Waals surface area contributed by atoms with Crippen molar-refractivity contribution in [2.24, 2.45) is 0 Å². The van der Waals surface area contributed by atoms with Gasteiger partial charge in [-0.2, -0.15) is 13.2 Å². The van der Waals surface area contributed by atoms with Crippen molar-refractivity contribution in [3.63, 3.8) is 0 Å². The molecule has 0 aliphatic heterocycles. The maximum atomic E-state index is 13.0. The zero-order valence-corrected chi connectivity index (χ0v) is 13.7. The van der Waals surface area contributed by atoms with Gasteiger partial charge in [0.25, 0.3) is 0 Å². The molecule has 0 aromatic heterocycles. The van der Waals surface area contributed by atoms with Gasteiger partial charge in [0.15, 0.2) is 0 Å². The number of nitrogens with one attached hydrogen (secondary N) is 1. The molecular weight excluding hydrogens is 343 g/mol. The lowest BCUT2D eigenvalue weighted by Crippen LogP contribution is -2.22. The molecule has 1 nitrogen and oxygen atoms in total. The second-order valence-electron chi connectivity index (χ2n) is 4.96. The van der Waals surface area contributed by atoms with Crippen LogP contribution >= 0.6 is 15.9 Å². The van der Waals surface area contributed by atoms with Gasteiger partial charge in [0.2, 0.25) is 0 Å². The fraction of sp³-hybridized carbons (Fsp3) is 0.500. The SMILES string of the molecule is C=CCCCC(NCCC)c1ccc(Br)c(C(F)(F)F)c1. The molecule has 0 bridgehead atoms. The number of allylic oxidation sites excluding steroid dienone is 1. The van der Waals surface area contributed by atoms with E-state index in [4.69, 9.17) is 0 Å². The van der Waals surface area contributed by atoms with Crippen molar-refractivity contribution in [3.8, 4) is 0 Å². The molecule has 0 fully saturated rings. The number of benzene rings is 1. The molecule has 0 aliphatic carbocycles. The number of unbranched alkanes of at least 4 members (excludes halogenated alkanes) is 1. The van der Waals surface area contributed by atoms with Gasteiger partial charge in [0, 0.05) is 10.5 Å². The number of hydrogen-bond donors (Lipinski definition) is 1. The number of alkyl halides is 3. The third-order valence-corrected chi connectivity index (χ3v) is 3.93. The van der Waals surface area contributed by atoms with Gasteiger partial charge < -0.3 is 5.32 Å². The number of hydrogen-bond acceptors (Lipinski definition) is 1. The van der Waals surface area contributed by atoms with Crippen LogP contribution in [0.4, 0.5) is 13.2 Å². The van der Waals surface area contributed by atoms with E-state index in [0.29, 0.717) is 5.56 Å². The topological polar surface area (TPSA) is 12.0 Å². The van der Waals surface area contributed by atoms with E-state index in [1.54, 1.807) is 6.07 Å². The first-order valence-electron chi connectivity index (χ1n) is 7.11. The van der Waals surface area contributed by atoms with E-state index in [-0.39, 0.29) is 10.5 Å². The summed E-state index contributed by atoms with van der Waals surface area (Å²) in [6.07, 6.45) is 1.01. The van der Waals surface area contributed by atoms with Gasteiger partial charge >= 0.3 is 6.18 Å². The Morgan fingerprint density at radius 3 is 2.67 bits per heavy atom. The Bertz CT molecular complexity index is 457. The molecule has 118 valence electrons. The maximum Gasteiger partial charge on any atom is 0.417 e. The van der Waals surface area contributed by atoms with Crippen molar-refractivity contribution < 1.29 is 13.2 Å². The zero-order chi connectivity index (χ0) is 15.9. The maximum absolute atomic E-state index is 13.0. The first-order valence-corrected chi connectivity index (χ1v) is 7.90. The molecule has 21 heavy (non-hydrogen) atoms. The highest BCUT2D eigenvalue weighted by Gasteiger charge is 2.33. The fourth-order valence-electron chi connectivity index (χ4n) is 2.15. The minimum atomic E-state index is -4.34. The first-order chi connectivity index (χ1) is 9.90. The summed E-state index contributed by atoms with van der Waals surface area (Å²) in [6, 6.07) is 4.41. The van der Waals surface area contributed by atoms with Crippen LogP contribution in [-0.4, -0.2) is 6.54 Å². The van der Waals surface area contributed by atoms with E-state index in [1.165, 1.54) is 12.1 Å². The van der Waals surface area contributed by atoms with Crippen molar-refractivity contribution in [2.45, 2.75) is 44.8 Å². The molecule has 0 saturated heterocycles. The molecule has 1 unspecified atom stereocenters. The zero-order valence-electron chi connectivity index (χ0n) is 12.1. The standard InChI is InChI=1S/C16H21BrF3N/c1-3-5-6-7-15(21-10-4-2)12-8-9-14(17)13(11-12)16(18,19)20/h3,8-9,11,15,21H,1,4-7,10H2,2H3. The van der Waals surface area contributed by atoms with E-state index < -0.39 is 11.7 Å². The van der Waals surface area contributed by atoms with Gasteiger partial charge in [-0.3, -0.25) is 0 Å². The third-order valence-electron chi connectivity index (χ3n) is 3.24. The van der Waals surface area contributed by atoms with Crippen LogP contribution in [-0.2, 0) is 6.18 Å². The third kappa shape index (κ3) is 5.83. The van der Waals surface area contributed by atoms with Crippen molar-refractivity contribution in [3.05, 3.63) is 46.5 Å². The molecule has 1 aromatic carbocycles. The summed E-state index contributed by atoms with van der Waals surface area (Å²) in [5.74, 6) is 0. The van der Waals surface area contributed by atoms with Crippen molar-refractivity contribution in [2.75, 3.05) is 6.54 Å². The molecule has 0 aliphatic rings. The predicted octanol–water partition coefficient (Wildman–Crippen LogP) is 5.86. The van der Waals surface area contributed by atoms with E-state index in [2.05, 4.69) is 27.8 Å². The van der Waals surface area contributed by atoms with E-state index in [0.717, 1.165) is 32.2 Å². The highest BCUT2D eigenvalue weighted by molar-refractivity contribution is 9.10. The summed E-state index contributed by atoms with van der Waals surface area (Å²) in [5, 5.41) is 3.33. The van der Waals surface area contributed by atoms with Crippen LogP contribution in [0.25, 0.3) is 0 Å². The molecule has 0 spiro atoms. The van der Waals surface area contributed by atoms with Gasteiger partial charge in [0.1, 0.15) is 0 Å². The Labute approximate surface area is 132 Å². The quantitative estimate of drug-likeness (QED) is 0.450. The van der Waals surface area contributed by atoms with E-state index in [1.807, 2.05) is 13.0 Å². The number of rotatable bonds is 8. The minimum Gasteiger partial charge on any atom is -0.310 e. The van der Waals surface area contributed by atoms with Gasteiger partial charge in [-0.05, 0) is 49.9 Å². The number of halogens is 4. The lowest BCUT2D eigenvalue weighted by molar-refractivity contribution is -0.138. The van der Waals surface area contributed by atoms with Gasteiger partial charge in [-0.15, -0.1) is 6.58 Å². The molecule has 0 saturated carbocycles. The van der Waals surface area contributed by atoms with Crippen LogP contribution in [0, 0.1) is 0 Å². The summed E-state index contributed by atoms with van der Waals surface area (Å²) < 4.78 is 39.0.